The summed E-state index contributed by atoms with van der Waals surface area (Å²) < 4.78 is 0. The molecular formula is C17H12ClN3. The monoisotopic (exact) mass is 293 g/mol. The molecule has 2 heterocycles. The molecule has 0 fully saturated rings. The molecule has 21 heavy (non-hydrogen) atoms. The van der Waals surface area contributed by atoms with Crippen molar-refractivity contribution in [2.24, 2.45) is 0 Å². The number of hydrogen-bond donors (Lipinski definition) is 2. The number of benzene rings is 2. The van der Waals surface area contributed by atoms with Gasteiger partial charge in [0, 0.05) is 10.9 Å². The van der Waals surface area contributed by atoms with Crippen LogP contribution < -0.4 is 0 Å². The Kier molecular flexibility index (Phi) is 2.79. The van der Waals surface area contributed by atoms with Crippen LogP contribution in [0.25, 0.3) is 33.5 Å². The van der Waals surface area contributed by atoms with Crippen molar-refractivity contribution in [3.05, 3.63) is 65.9 Å². The van der Waals surface area contributed by atoms with E-state index in [0.717, 1.165) is 33.5 Å². The van der Waals surface area contributed by atoms with Gasteiger partial charge in [-0.1, -0.05) is 60.1 Å². The molecule has 0 spiro atoms. The molecule has 2 N–H and O–H groups in total. The molecule has 0 radical (unpaired) electrons. The SMILES string of the molecule is Clc1[nH]c2ccccc2c1-c1ncc(-c2ccccc2)[nH]1. The molecule has 0 bridgehead atoms. The van der Waals surface area contributed by atoms with Crippen LogP contribution in [-0.4, -0.2) is 15.0 Å². The number of aromatic amines is 2. The lowest BCUT2D eigenvalue weighted by molar-refractivity contribution is 1.31. The average Bonchev–Trinajstić information content (AvgIpc) is 3.11. The highest BCUT2D eigenvalue weighted by atomic mass is 35.5. The van der Waals surface area contributed by atoms with Crippen molar-refractivity contribution in [1.29, 1.82) is 0 Å². The van der Waals surface area contributed by atoms with Crippen molar-refractivity contribution in [3.63, 3.8) is 0 Å². The van der Waals surface area contributed by atoms with E-state index in [2.05, 4.69) is 15.0 Å². The number of imidazole rings is 1. The number of rotatable bonds is 2. The minimum atomic E-state index is 0.602. The molecule has 3 nitrogen and oxygen atoms in total. The van der Waals surface area contributed by atoms with E-state index in [1.165, 1.54) is 0 Å². The van der Waals surface area contributed by atoms with E-state index in [1.807, 2.05) is 60.8 Å². The molecule has 2 aromatic carbocycles. The summed E-state index contributed by atoms with van der Waals surface area (Å²) in [5.74, 6) is 0.774. The third-order valence-corrected chi connectivity index (χ3v) is 3.84. The van der Waals surface area contributed by atoms with Crippen molar-refractivity contribution in [1.82, 2.24) is 15.0 Å². The van der Waals surface area contributed by atoms with Crippen molar-refractivity contribution < 1.29 is 0 Å². The van der Waals surface area contributed by atoms with Gasteiger partial charge in [0.25, 0.3) is 0 Å². The maximum atomic E-state index is 6.34. The summed E-state index contributed by atoms with van der Waals surface area (Å²) in [5, 5.41) is 1.67. The zero-order valence-electron chi connectivity index (χ0n) is 11.1. The van der Waals surface area contributed by atoms with Gasteiger partial charge in [-0.05, 0) is 11.6 Å². The third kappa shape index (κ3) is 2.03. The number of fused-ring (bicyclic) bond motifs is 1. The number of nitrogens with zero attached hydrogens (tertiary/aromatic N) is 1. The van der Waals surface area contributed by atoms with Crippen molar-refractivity contribution in [2.45, 2.75) is 0 Å². The smallest absolute Gasteiger partial charge is 0.141 e. The number of nitrogens with one attached hydrogen (secondary N) is 2. The second-order valence-corrected chi connectivity index (χ2v) is 5.25. The maximum Gasteiger partial charge on any atom is 0.141 e. The fourth-order valence-corrected chi connectivity index (χ4v) is 2.85. The Labute approximate surface area is 126 Å². The number of H-pyrrole nitrogens is 2. The third-order valence-electron chi connectivity index (χ3n) is 3.56. The van der Waals surface area contributed by atoms with Gasteiger partial charge in [-0.3, -0.25) is 0 Å². The van der Waals surface area contributed by atoms with Crippen molar-refractivity contribution in [3.8, 4) is 22.6 Å². The first-order valence-corrected chi connectivity index (χ1v) is 7.08. The summed E-state index contributed by atoms with van der Waals surface area (Å²) in [5.41, 5.74) is 4.00. The van der Waals surface area contributed by atoms with Gasteiger partial charge in [0.15, 0.2) is 0 Å². The normalized spacial score (nSPS) is 11.1. The second kappa shape index (κ2) is 4.79. The van der Waals surface area contributed by atoms with Gasteiger partial charge in [-0.2, -0.15) is 0 Å². The zero-order valence-corrected chi connectivity index (χ0v) is 11.9. The number of para-hydroxylation sites is 1. The van der Waals surface area contributed by atoms with Gasteiger partial charge in [-0.15, -0.1) is 0 Å². The van der Waals surface area contributed by atoms with Gasteiger partial charge in [0.1, 0.15) is 11.0 Å². The lowest BCUT2D eigenvalue weighted by Gasteiger charge is -1.97. The van der Waals surface area contributed by atoms with Gasteiger partial charge >= 0.3 is 0 Å². The van der Waals surface area contributed by atoms with E-state index in [-0.39, 0.29) is 0 Å². The quantitative estimate of drug-likeness (QED) is 0.543. The van der Waals surface area contributed by atoms with Gasteiger partial charge in [0.2, 0.25) is 0 Å². The fourth-order valence-electron chi connectivity index (χ4n) is 2.55. The highest BCUT2D eigenvalue weighted by molar-refractivity contribution is 6.34. The predicted octanol–water partition coefficient (Wildman–Crippen LogP) is 4.88. The molecule has 0 saturated heterocycles. The van der Waals surface area contributed by atoms with Gasteiger partial charge < -0.3 is 9.97 Å². The molecule has 2 aromatic heterocycles. The first kappa shape index (κ1) is 12.2. The van der Waals surface area contributed by atoms with E-state index >= 15 is 0 Å². The molecule has 102 valence electrons. The van der Waals surface area contributed by atoms with E-state index in [4.69, 9.17) is 11.6 Å². The Balaban J connectivity index is 1.87. The molecular weight excluding hydrogens is 282 g/mol. The van der Waals surface area contributed by atoms with Crippen LogP contribution in [0.15, 0.2) is 60.8 Å². The van der Waals surface area contributed by atoms with Gasteiger partial charge in [-0.25, -0.2) is 4.98 Å². The van der Waals surface area contributed by atoms with E-state index < -0.39 is 0 Å². The summed E-state index contributed by atoms with van der Waals surface area (Å²) in [6, 6.07) is 18.1. The molecule has 4 rings (SSSR count). The van der Waals surface area contributed by atoms with E-state index in [0.29, 0.717) is 5.15 Å². The Morgan fingerprint density at radius 3 is 2.48 bits per heavy atom. The molecule has 4 heteroatoms. The van der Waals surface area contributed by atoms with E-state index in [9.17, 15) is 0 Å². The highest BCUT2D eigenvalue weighted by Gasteiger charge is 2.14. The molecule has 0 amide bonds. The van der Waals surface area contributed by atoms with Crippen LogP contribution in [0.3, 0.4) is 0 Å². The minimum absolute atomic E-state index is 0.602. The molecule has 0 atom stereocenters. The zero-order chi connectivity index (χ0) is 14.2. The van der Waals surface area contributed by atoms with Crippen LogP contribution in [0, 0.1) is 0 Å². The highest BCUT2D eigenvalue weighted by Crippen LogP contribution is 2.34. The van der Waals surface area contributed by atoms with Crippen LogP contribution in [-0.2, 0) is 0 Å². The molecule has 0 aliphatic carbocycles. The summed E-state index contributed by atoms with van der Waals surface area (Å²) in [4.78, 5) is 11.0. The lowest BCUT2D eigenvalue weighted by Crippen LogP contribution is -1.80. The summed E-state index contributed by atoms with van der Waals surface area (Å²) in [6.45, 7) is 0. The molecule has 0 aliphatic rings. The topological polar surface area (TPSA) is 44.5 Å². The van der Waals surface area contributed by atoms with Gasteiger partial charge in [0.05, 0.1) is 17.5 Å². The predicted molar refractivity (Wildman–Crippen MR) is 86.3 cm³/mol. The van der Waals surface area contributed by atoms with Crippen LogP contribution in [0.5, 0.6) is 0 Å². The molecule has 0 unspecified atom stereocenters. The number of hydrogen-bond acceptors (Lipinski definition) is 1. The number of halogens is 1. The number of aromatic nitrogens is 3. The Morgan fingerprint density at radius 2 is 1.62 bits per heavy atom. The van der Waals surface area contributed by atoms with Crippen molar-refractivity contribution in [2.75, 3.05) is 0 Å². The summed E-state index contributed by atoms with van der Waals surface area (Å²) in [6.07, 6.45) is 1.84. The Bertz CT molecular complexity index is 906. The average molecular weight is 294 g/mol. The van der Waals surface area contributed by atoms with Crippen LogP contribution in [0.1, 0.15) is 0 Å². The lowest BCUT2D eigenvalue weighted by atomic mass is 10.1. The first-order chi connectivity index (χ1) is 10.3. The maximum absolute atomic E-state index is 6.34. The standard InChI is InChI=1S/C17H12ClN3/c18-16-15(12-8-4-5-9-13(12)20-16)17-19-10-14(21-17)11-6-2-1-3-7-11/h1-10,20H,(H,19,21). The van der Waals surface area contributed by atoms with E-state index in [1.54, 1.807) is 0 Å². The summed E-state index contributed by atoms with van der Waals surface area (Å²) in [7, 11) is 0. The molecule has 4 aromatic rings. The Hall–Kier alpha value is -2.52. The summed E-state index contributed by atoms with van der Waals surface area (Å²) >= 11 is 6.34. The largest absolute Gasteiger partial charge is 0.345 e. The fraction of sp³-hybridized carbons (Fsp3) is 0. The Morgan fingerprint density at radius 1 is 0.857 bits per heavy atom. The van der Waals surface area contributed by atoms with Crippen LogP contribution in [0.4, 0.5) is 0 Å². The second-order valence-electron chi connectivity index (χ2n) is 4.87. The first-order valence-electron chi connectivity index (χ1n) is 6.70. The molecule has 0 saturated carbocycles. The minimum Gasteiger partial charge on any atom is -0.345 e. The van der Waals surface area contributed by atoms with Crippen LogP contribution >= 0.6 is 11.6 Å². The molecule has 0 aliphatic heterocycles. The van der Waals surface area contributed by atoms with Crippen LogP contribution in [0.2, 0.25) is 5.15 Å². The van der Waals surface area contributed by atoms with Crippen molar-refractivity contribution >= 4 is 22.5 Å².